The van der Waals surface area contributed by atoms with Crippen LogP contribution in [0, 0.1) is 0 Å². The average Bonchev–Trinajstić information content (AvgIpc) is 2.88. The number of ether oxygens (including phenoxy) is 1. The average molecular weight is 330 g/mol. The Balaban J connectivity index is 1.67. The molecule has 2 aromatic rings. The third-order valence-electron chi connectivity index (χ3n) is 4.48. The fourth-order valence-electron chi connectivity index (χ4n) is 3.32. The van der Waals surface area contributed by atoms with Gasteiger partial charge in [0.25, 0.3) is 0 Å². The normalized spacial score (nSPS) is 21.2. The van der Waals surface area contributed by atoms with E-state index in [0.717, 1.165) is 16.5 Å². The molecule has 0 radical (unpaired) electrons. The van der Waals surface area contributed by atoms with Crippen molar-refractivity contribution in [2.24, 2.45) is 7.05 Å². The van der Waals surface area contributed by atoms with Gasteiger partial charge in [-0.05, 0) is 25.0 Å². The standard InChI is InChI=1S/C18H22N2O4/c1-12-9-20(11-16(24-12)18(22)23)17(21)8-7-13-10-19(2)15-6-4-3-5-14(13)15/h3-6,10,12,16H,7-9,11H2,1-2H3,(H,22,23)/t12-,16?/m1/s1. The summed E-state index contributed by atoms with van der Waals surface area (Å²) in [4.78, 5) is 25.2. The van der Waals surface area contributed by atoms with Crippen molar-refractivity contribution >= 4 is 22.8 Å². The van der Waals surface area contributed by atoms with Crippen molar-refractivity contribution < 1.29 is 19.4 Å². The number of carbonyl (C=O) groups excluding carboxylic acids is 1. The molecular weight excluding hydrogens is 308 g/mol. The minimum atomic E-state index is -1.02. The molecule has 6 heteroatoms. The van der Waals surface area contributed by atoms with E-state index in [2.05, 4.69) is 22.9 Å². The molecule has 0 saturated carbocycles. The highest BCUT2D eigenvalue weighted by Crippen LogP contribution is 2.22. The number of benzene rings is 1. The molecule has 1 aliphatic heterocycles. The summed E-state index contributed by atoms with van der Waals surface area (Å²) in [6, 6.07) is 8.11. The predicted octanol–water partition coefficient (Wildman–Crippen LogP) is 1.81. The van der Waals surface area contributed by atoms with Gasteiger partial charge < -0.3 is 19.3 Å². The van der Waals surface area contributed by atoms with Gasteiger partial charge in [-0.2, -0.15) is 0 Å². The highest BCUT2D eigenvalue weighted by atomic mass is 16.5. The number of hydrogen-bond acceptors (Lipinski definition) is 3. The number of carbonyl (C=O) groups is 2. The van der Waals surface area contributed by atoms with E-state index in [0.29, 0.717) is 19.4 Å². The summed E-state index contributed by atoms with van der Waals surface area (Å²) in [6.45, 7) is 2.35. The molecule has 3 rings (SSSR count). The quantitative estimate of drug-likeness (QED) is 0.928. The van der Waals surface area contributed by atoms with E-state index < -0.39 is 12.1 Å². The Morgan fingerprint density at radius 2 is 2.04 bits per heavy atom. The molecule has 1 amide bonds. The van der Waals surface area contributed by atoms with Gasteiger partial charge in [0.1, 0.15) is 0 Å². The number of para-hydroxylation sites is 1. The molecule has 1 unspecified atom stereocenters. The van der Waals surface area contributed by atoms with E-state index in [-0.39, 0.29) is 18.6 Å². The molecule has 2 heterocycles. The predicted molar refractivity (Wildman–Crippen MR) is 89.8 cm³/mol. The number of hydrogen-bond donors (Lipinski definition) is 1. The van der Waals surface area contributed by atoms with Crippen LogP contribution in [0.15, 0.2) is 30.5 Å². The van der Waals surface area contributed by atoms with Crippen molar-refractivity contribution in [3.8, 4) is 0 Å². The van der Waals surface area contributed by atoms with Crippen LogP contribution in [0.1, 0.15) is 18.9 Å². The number of carboxylic acid groups (broad SMARTS) is 1. The molecule has 2 atom stereocenters. The number of aryl methyl sites for hydroxylation is 2. The smallest absolute Gasteiger partial charge is 0.334 e. The molecule has 1 fully saturated rings. The van der Waals surface area contributed by atoms with Gasteiger partial charge in [0, 0.05) is 37.1 Å². The molecule has 128 valence electrons. The van der Waals surface area contributed by atoms with Gasteiger partial charge in [0.05, 0.1) is 12.6 Å². The number of carboxylic acids is 1. The van der Waals surface area contributed by atoms with E-state index in [1.54, 1.807) is 11.8 Å². The Hall–Kier alpha value is -2.34. The van der Waals surface area contributed by atoms with Gasteiger partial charge >= 0.3 is 5.97 Å². The number of aliphatic carboxylic acids is 1. The van der Waals surface area contributed by atoms with Crippen LogP contribution in [0.3, 0.4) is 0 Å². The van der Waals surface area contributed by atoms with Crippen molar-refractivity contribution in [2.75, 3.05) is 13.1 Å². The summed E-state index contributed by atoms with van der Waals surface area (Å²) in [6.07, 6.45) is 1.87. The van der Waals surface area contributed by atoms with Gasteiger partial charge in [0.2, 0.25) is 5.91 Å². The highest BCUT2D eigenvalue weighted by Gasteiger charge is 2.32. The van der Waals surface area contributed by atoms with Gasteiger partial charge in [-0.3, -0.25) is 4.79 Å². The van der Waals surface area contributed by atoms with Crippen LogP contribution < -0.4 is 0 Å². The fraction of sp³-hybridized carbons (Fsp3) is 0.444. The molecule has 0 aliphatic carbocycles. The molecular formula is C18H22N2O4. The maximum Gasteiger partial charge on any atom is 0.334 e. The SMILES string of the molecule is C[C@@H]1CN(C(=O)CCc2cn(C)c3ccccc23)CC(C(=O)O)O1. The number of aromatic nitrogens is 1. The van der Waals surface area contributed by atoms with Crippen LogP contribution in [-0.4, -0.2) is 51.7 Å². The summed E-state index contributed by atoms with van der Waals surface area (Å²) >= 11 is 0. The van der Waals surface area contributed by atoms with E-state index in [1.807, 2.05) is 19.2 Å². The van der Waals surface area contributed by atoms with Crippen LogP contribution in [-0.2, 0) is 27.8 Å². The Bertz CT molecular complexity index is 767. The summed E-state index contributed by atoms with van der Waals surface area (Å²) in [5.74, 6) is -1.04. The second kappa shape index (κ2) is 6.65. The number of amides is 1. The monoisotopic (exact) mass is 330 g/mol. The maximum atomic E-state index is 12.5. The molecule has 1 saturated heterocycles. The number of rotatable bonds is 4. The van der Waals surface area contributed by atoms with Gasteiger partial charge in [0.15, 0.2) is 6.10 Å². The lowest BCUT2D eigenvalue weighted by Crippen LogP contribution is -2.51. The van der Waals surface area contributed by atoms with Crippen molar-refractivity contribution in [1.29, 1.82) is 0 Å². The van der Waals surface area contributed by atoms with Crippen LogP contribution >= 0.6 is 0 Å². The van der Waals surface area contributed by atoms with Gasteiger partial charge in [-0.15, -0.1) is 0 Å². The molecule has 6 nitrogen and oxygen atoms in total. The third-order valence-corrected chi connectivity index (χ3v) is 4.48. The number of nitrogens with zero attached hydrogens (tertiary/aromatic N) is 2. The number of morpholine rings is 1. The number of fused-ring (bicyclic) bond motifs is 1. The van der Waals surface area contributed by atoms with Crippen molar-refractivity contribution in [1.82, 2.24) is 9.47 Å². The lowest BCUT2D eigenvalue weighted by molar-refractivity contribution is -0.166. The summed E-state index contributed by atoms with van der Waals surface area (Å²) in [5.41, 5.74) is 2.28. The Morgan fingerprint density at radius 3 is 2.79 bits per heavy atom. The first-order valence-corrected chi connectivity index (χ1v) is 8.14. The molecule has 1 aromatic heterocycles. The molecule has 0 bridgehead atoms. The highest BCUT2D eigenvalue weighted by molar-refractivity contribution is 5.85. The molecule has 1 N–H and O–H groups in total. The Labute approximate surface area is 140 Å². The van der Waals surface area contributed by atoms with E-state index in [4.69, 9.17) is 9.84 Å². The van der Waals surface area contributed by atoms with Crippen LogP contribution in [0.25, 0.3) is 10.9 Å². The first-order valence-electron chi connectivity index (χ1n) is 8.14. The molecule has 0 spiro atoms. The topological polar surface area (TPSA) is 71.8 Å². The lowest BCUT2D eigenvalue weighted by atomic mass is 10.1. The molecule has 1 aliphatic rings. The van der Waals surface area contributed by atoms with Crippen molar-refractivity contribution in [2.45, 2.75) is 32.0 Å². The minimum Gasteiger partial charge on any atom is -0.479 e. The van der Waals surface area contributed by atoms with Crippen molar-refractivity contribution in [3.05, 3.63) is 36.0 Å². The second-order valence-electron chi connectivity index (χ2n) is 6.35. The molecule has 24 heavy (non-hydrogen) atoms. The first kappa shape index (κ1) is 16.5. The largest absolute Gasteiger partial charge is 0.479 e. The van der Waals surface area contributed by atoms with Gasteiger partial charge in [-0.1, -0.05) is 18.2 Å². The van der Waals surface area contributed by atoms with E-state index in [9.17, 15) is 9.59 Å². The van der Waals surface area contributed by atoms with Crippen LogP contribution in [0.5, 0.6) is 0 Å². The third kappa shape index (κ3) is 3.28. The summed E-state index contributed by atoms with van der Waals surface area (Å²) < 4.78 is 7.42. The molecule has 1 aromatic carbocycles. The van der Waals surface area contributed by atoms with Crippen LogP contribution in [0.2, 0.25) is 0 Å². The Kier molecular flexibility index (Phi) is 4.57. The zero-order chi connectivity index (χ0) is 17.3. The van der Waals surface area contributed by atoms with E-state index in [1.165, 1.54) is 0 Å². The first-order chi connectivity index (χ1) is 11.5. The Morgan fingerprint density at radius 1 is 1.29 bits per heavy atom. The zero-order valence-corrected chi connectivity index (χ0v) is 13.9. The minimum absolute atomic E-state index is 0.0238. The van der Waals surface area contributed by atoms with Gasteiger partial charge in [-0.25, -0.2) is 4.79 Å². The van der Waals surface area contributed by atoms with Crippen molar-refractivity contribution in [3.63, 3.8) is 0 Å². The van der Waals surface area contributed by atoms with E-state index >= 15 is 0 Å². The summed E-state index contributed by atoms with van der Waals surface area (Å²) in [7, 11) is 1.99. The lowest BCUT2D eigenvalue weighted by Gasteiger charge is -2.35. The zero-order valence-electron chi connectivity index (χ0n) is 13.9. The summed E-state index contributed by atoms with van der Waals surface area (Å²) in [5, 5.41) is 10.3. The second-order valence-corrected chi connectivity index (χ2v) is 6.35. The fourth-order valence-corrected chi connectivity index (χ4v) is 3.32. The van der Waals surface area contributed by atoms with Crippen LogP contribution in [0.4, 0.5) is 0 Å². The maximum absolute atomic E-state index is 12.5.